The van der Waals surface area contributed by atoms with Crippen LogP contribution in [0.15, 0.2) is 70.6 Å². The molecule has 8 heteroatoms. The van der Waals surface area contributed by atoms with Crippen molar-refractivity contribution >= 4 is 33.6 Å². The molecule has 0 atom stereocenters. The summed E-state index contributed by atoms with van der Waals surface area (Å²) in [5, 5.41) is 0.0845. The number of ether oxygens (including phenoxy) is 2. The van der Waals surface area contributed by atoms with Crippen molar-refractivity contribution in [3.05, 3.63) is 76.8 Å². The lowest BCUT2D eigenvalue weighted by Gasteiger charge is -2.13. The first-order valence-corrected chi connectivity index (χ1v) is 10.7. The average Bonchev–Trinajstić information content (AvgIpc) is 2.74. The molecule has 3 rings (SSSR count). The van der Waals surface area contributed by atoms with E-state index in [1.54, 1.807) is 61.9 Å². The van der Waals surface area contributed by atoms with Crippen LogP contribution in [0, 0.1) is 6.92 Å². The van der Waals surface area contributed by atoms with Gasteiger partial charge in [-0.15, -0.1) is 0 Å². The van der Waals surface area contributed by atoms with Crippen LogP contribution < -0.4 is 13.7 Å². The highest BCUT2D eigenvalue weighted by molar-refractivity contribution is 7.87. The molecule has 0 spiro atoms. The SMILES string of the molecule is COc1ccc(N=Cc2cc(Cl)c(OS(=O)(=O)c3ccc(C)cc3)c(OC)c2)cc1. The van der Waals surface area contributed by atoms with E-state index in [1.165, 1.54) is 19.2 Å². The number of aliphatic imine (C=N–C) groups is 1. The maximum Gasteiger partial charge on any atom is 0.339 e. The molecule has 0 aromatic heterocycles. The molecule has 0 heterocycles. The fourth-order valence-electron chi connectivity index (χ4n) is 2.58. The lowest BCUT2D eigenvalue weighted by molar-refractivity contribution is 0.390. The highest BCUT2D eigenvalue weighted by Gasteiger charge is 2.22. The van der Waals surface area contributed by atoms with Crippen molar-refractivity contribution in [2.45, 2.75) is 11.8 Å². The predicted octanol–water partition coefficient (Wildman–Crippen LogP) is 5.18. The van der Waals surface area contributed by atoms with Crippen molar-refractivity contribution in [2.75, 3.05) is 14.2 Å². The topological polar surface area (TPSA) is 74.2 Å². The van der Waals surface area contributed by atoms with E-state index in [2.05, 4.69) is 4.99 Å². The summed E-state index contributed by atoms with van der Waals surface area (Å²) in [6, 6.07) is 16.7. The molecule has 0 aliphatic rings. The van der Waals surface area contributed by atoms with E-state index in [9.17, 15) is 8.42 Å². The normalized spacial score (nSPS) is 11.5. The Bertz CT molecular complexity index is 1160. The Kier molecular flexibility index (Phi) is 6.64. The largest absolute Gasteiger partial charge is 0.497 e. The number of halogens is 1. The fourth-order valence-corrected chi connectivity index (χ4v) is 3.84. The lowest BCUT2D eigenvalue weighted by Crippen LogP contribution is -2.11. The van der Waals surface area contributed by atoms with E-state index in [1.807, 2.05) is 6.92 Å². The van der Waals surface area contributed by atoms with Crippen LogP contribution in [-0.2, 0) is 10.1 Å². The molecule has 0 unspecified atom stereocenters. The summed E-state index contributed by atoms with van der Waals surface area (Å²) in [4.78, 5) is 4.40. The third-order valence-corrected chi connectivity index (χ3v) is 5.71. The summed E-state index contributed by atoms with van der Waals surface area (Å²) < 4.78 is 40.9. The molecular formula is C22H20ClNO5S. The molecule has 3 aromatic carbocycles. The van der Waals surface area contributed by atoms with E-state index < -0.39 is 10.1 Å². The maximum atomic E-state index is 12.6. The van der Waals surface area contributed by atoms with E-state index >= 15 is 0 Å². The highest BCUT2D eigenvalue weighted by atomic mass is 35.5. The molecule has 156 valence electrons. The van der Waals surface area contributed by atoms with Crippen LogP contribution in [0.25, 0.3) is 0 Å². The van der Waals surface area contributed by atoms with Crippen molar-refractivity contribution in [1.82, 2.24) is 0 Å². The van der Waals surface area contributed by atoms with Gasteiger partial charge in [-0.1, -0.05) is 29.3 Å². The maximum absolute atomic E-state index is 12.6. The van der Waals surface area contributed by atoms with E-state index in [-0.39, 0.29) is 21.4 Å². The van der Waals surface area contributed by atoms with Gasteiger partial charge in [-0.05, 0) is 61.0 Å². The molecule has 30 heavy (non-hydrogen) atoms. The number of methoxy groups -OCH3 is 2. The van der Waals surface area contributed by atoms with Crippen LogP contribution in [0.1, 0.15) is 11.1 Å². The summed E-state index contributed by atoms with van der Waals surface area (Å²) in [7, 11) is -1.07. The van der Waals surface area contributed by atoms with Crippen molar-refractivity contribution in [2.24, 2.45) is 4.99 Å². The van der Waals surface area contributed by atoms with E-state index in [0.717, 1.165) is 11.3 Å². The number of hydrogen-bond donors (Lipinski definition) is 0. The molecule has 0 aliphatic heterocycles. The second kappa shape index (κ2) is 9.19. The van der Waals surface area contributed by atoms with Gasteiger partial charge in [0, 0.05) is 6.21 Å². The monoisotopic (exact) mass is 445 g/mol. The van der Waals surface area contributed by atoms with Gasteiger partial charge >= 0.3 is 10.1 Å². The molecule has 0 saturated carbocycles. The molecule has 0 aliphatic carbocycles. The smallest absolute Gasteiger partial charge is 0.339 e. The Labute approximate surface area is 180 Å². The van der Waals surface area contributed by atoms with Crippen LogP contribution in [-0.4, -0.2) is 28.9 Å². The summed E-state index contributed by atoms with van der Waals surface area (Å²) in [6.45, 7) is 1.86. The molecule has 0 radical (unpaired) electrons. The molecule has 3 aromatic rings. The number of nitrogens with zero attached hydrogens (tertiary/aromatic N) is 1. The lowest BCUT2D eigenvalue weighted by atomic mass is 10.2. The predicted molar refractivity (Wildman–Crippen MR) is 117 cm³/mol. The zero-order valence-corrected chi connectivity index (χ0v) is 18.2. The van der Waals surface area contributed by atoms with Gasteiger partial charge in [0.2, 0.25) is 5.75 Å². The zero-order chi connectivity index (χ0) is 21.7. The van der Waals surface area contributed by atoms with Gasteiger partial charge in [0.25, 0.3) is 0 Å². The van der Waals surface area contributed by atoms with Crippen LogP contribution in [0.5, 0.6) is 17.2 Å². The summed E-state index contributed by atoms with van der Waals surface area (Å²) in [5.41, 5.74) is 2.27. The van der Waals surface area contributed by atoms with Gasteiger partial charge in [0.05, 0.1) is 24.9 Å². The zero-order valence-electron chi connectivity index (χ0n) is 16.6. The molecule has 6 nitrogen and oxygen atoms in total. The Morgan fingerprint density at radius 2 is 1.60 bits per heavy atom. The van der Waals surface area contributed by atoms with Crippen LogP contribution >= 0.6 is 11.6 Å². The first-order valence-electron chi connectivity index (χ1n) is 8.89. The van der Waals surface area contributed by atoms with Gasteiger partial charge < -0.3 is 13.7 Å². The number of hydrogen-bond acceptors (Lipinski definition) is 6. The third-order valence-electron chi connectivity index (χ3n) is 4.19. The van der Waals surface area contributed by atoms with Crippen molar-refractivity contribution < 1.29 is 22.1 Å². The number of rotatable bonds is 7. The van der Waals surface area contributed by atoms with Crippen LogP contribution in [0.4, 0.5) is 5.69 Å². The van der Waals surface area contributed by atoms with Crippen molar-refractivity contribution in [3.63, 3.8) is 0 Å². The van der Waals surface area contributed by atoms with Gasteiger partial charge in [-0.3, -0.25) is 4.99 Å². The number of benzene rings is 3. The fraction of sp³-hybridized carbons (Fsp3) is 0.136. The minimum atomic E-state index is -4.07. The average molecular weight is 446 g/mol. The molecule has 0 fully saturated rings. The molecule has 0 bridgehead atoms. The Hall–Kier alpha value is -3.03. The van der Waals surface area contributed by atoms with Crippen molar-refractivity contribution in [3.8, 4) is 17.2 Å². The minimum absolute atomic E-state index is 0.0244. The van der Waals surface area contributed by atoms with Crippen LogP contribution in [0.2, 0.25) is 5.02 Å². The standard InChI is InChI=1S/C22H20ClNO5S/c1-15-4-10-19(11-5-15)30(25,26)29-22-20(23)12-16(13-21(22)28-3)14-24-17-6-8-18(27-2)9-7-17/h4-14H,1-3H3. The molecule has 0 amide bonds. The van der Waals surface area contributed by atoms with Gasteiger partial charge in [-0.2, -0.15) is 8.42 Å². The highest BCUT2D eigenvalue weighted by Crippen LogP contribution is 2.38. The minimum Gasteiger partial charge on any atom is -0.497 e. The molecule has 0 saturated heterocycles. The first kappa shape index (κ1) is 21.7. The second-order valence-corrected chi connectivity index (χ2v) is 8.29. The summed E-state index contributed by atoms with van der Waals surface area (Å²) >= 11 is 6.31. The van der Waals surface area contributed by atoms with E-state index in [0.29, 0.717) is 11.3 Å². The third kappa shape index (κ3) is 5.11. The van der Waals surface area contributed by atoms with Crippen LogP contribution in [0.3, 0.4) is 0 Å². The van der Waals surface area contributed by atoms with E-state index in [4.69, 9.17) is 25.3 Å². The Balaban J connectivity index is 1.88. The van der Waals surface area contributed by atoms with Gasteiger partial charge in [-0.25, -0.2) is 0 Å². The molecular weight excluding hydrogens is 426 g/mol. The molecule has 0 N–H and O–H groups in total. The quantitative estimate of drug-likeness (QED) is 0.370. The van der Waals surface area contributed by atoms with Gasteiger partial charge in [0.15, 0.2) is 5.75 Å². The first-order chi connectivity index (χ1) is 14.3. The Morgan fingerprint density at radius 3 is 2.20 bits per heavy atom. The van der Waals surface area contributed by atoms with Gasteiger partial charge in [0.1, 0.15) is 10.6 Å². The summed E-state index contributed by atoms with van der Waals surface area (Å²) in [6.07, 6.45) is 1.59. The van der Waals surface area contributed by atoms with Crippen molar-refractivity contribution in [1.29, 1.82) is 0 Å². The second-order valence-electron chi connectivity index (χ2n) is 6.34. The number of aryl methyl sites for hydroxylation is 1. The summed E-state index contributed by atoms with van der Waals surface area (Å²) in [5.74, 6) is 0.825. The Morgan fingerprint density at radius 1 is 0.933 bits per heavy atom.